The smallest absolute Gasteiger partial charge is 0.175 e. The fourth-order valence-corrected chi connectivity index (χ4v) is 2.84. The molecule has 2 rings (SSSR count). The van der Waals surface area contributed by atoms with Crippen molar-refractivity contribution in [3.05, 3.63) is 57.8 Å². The van der Waals surface area contributed by atoms with E-state index in [1.165, 1.54) is 12.1 Å². The van der Waals surface area contributed by atoms with Crippen molar-refractivity contribution in [3.8, 4) is 11.5 Å². The molecule has 2 aromatic rings. The summed E-state index contributed by atoms with van der Waals surface area (Å²) in [7, 11) is 0. The normalized spacial score (nSPS) is 10.7. The van der Waals surface area contributed by atoms with Crippen LogP contribution in [-0.2, 0) is 13.2 Å². The monoisotopic (exact) mass is 398 g/mol. The molecule has 0 aliphatic carbocycles. The topological polar surface area (TPSA) is 55.3 Å². The Morgan fingerprint density at radius 2 is 1.88 bits per heavy atom. The summed E-state index contributed by atoms with van der Waals surface area (Å²) in [5.41, 5.74) is 1.96. The Morgan fingerprint density at radius 1 is 1.12 bits per heavy atom. The Bertz CT molecular complexity index is 649. The summed E-state index contributed by atoms with van der Waals surface area (Å²) in [5.74, 6) is 1.03. The van der Waals surface area contributed by atoms with Crippen LogP contribution in [0.1, 0.15) is 18.1 Å². The molecule has 0 aliphatic heterocycles. The zero-order valence-electron chi connectivity index (χ0n) is 13.6. The van der Waals surface area contributed by atoms with E-state index in [2.05, 4.69) is 15.9 Å². The number of ether oxygens (including phenoxy) is 2. The van der Waals surface area contributed by atoms with Gasteiger partial charge in [0.05, 0.1) is 24.2 Å². The Labute approximate surface area is 149 Å². The van der Waals surface area contributed by atoms with Crippen LogP contribution < -0.4 is 14.8 Å². The summed E-state index contributed by atoms with van der Waals surface area (Å²) in [4.78, 5) is 0. The van der Waals surface area contributed by atoms with Crippen LogP contribution in [0.25, 0.3) is 0 Å². The third-order valence-electron chi connectivity index (χ3n) is 3.38. The average Bonchev–Trinajstić information content (AvgIpc) is 2.56. The lowest BCUT2D eigenvalue weighted by atomic mass is 10.2. The van der Waals surface area contributed by atoms with Gasteiger partial charge in [-0.2, -0.15) is 0 Å². The maximum Gasteiger partial charge on any atom is 0.175 e. The SMILES string of the molecule is CCOc1cc(C[NH2+]CCO)cc(Br)c1OCc1ccc(F)cc1. The number of rotatable bonds is 9. The van der Waals surface area contributed by atoms with E-state index >= 15 is 0 Å². The second-order valence-corrected chi connectivity index (χ2v) is 6.11. The predicted octanol–water partition coefficient (Wildman–Crippen LogP) is 2.62. The maximum absolute atomic E-state index is 13.0. The van der Waals surface area contributed by atoms with Gasteiger partial charge in [-0.25, -0.2) is 4.39 Å². The quantitative estimate of drug-likeness (QED) is 0.638. The van der Waals surface area contributed by atoms with Gasteiger partial charge in [0.15, 0.2) is 11.5 Å². The highest BCUT2D eigenvalue weighted by Gasteiger charge is 2.13. The first-order valence-electron chi connectivity index (χ1n) is 7.89. The van der Waals surface area contributed by atoms with E-state index in [0.29, 0.717) is 31.3 Å². The summed E-state index contributed by atoms with van der Waals surface area (Å²) in [6, 6.07) is 10.1. The molecule has 4 nitrogen and oxygen atoms in total. The first-order valence-corrected chi connectivity index (χ1v) is 8.68. The Balaban J connectivity index is 2.13. The minimum atomic E-state index is -0.265. The van der Waals surface area contributed by atoms with Crippen LogP contribution in [-0.4, -0.2) is 24.9 Å². The number of aliphatic hydroxyl groups is 1. The molecule has 0 fully saturated rings. The van der Waals surface area contributed by atoms with Crippen molar-refractivity contribution in [2.45, 2.75) is 20.1 Å². The van der Waals surface area contributed by atoms with Crippen molar-refractivity contribution < 1.29 is 24.3 Å². The lowest BCUT2D eigenvalue weighted by Crippen LogP contribution is -2.83. The van der Waals surface area contributed by atoms with Crippen LogP contribution in [0.4, 0.5) is 4.39 Å². The summed E-state index contributed by atoms with van der Waals surface area (Å²) < 4.78 is 25.3. The van der Waals surface area contributed by atoms with Crippen LogP contribution in [0.2, 0.25) is 0 Å². The average molecular weight is 399 g/mol. The fourth-order valence-electron chi connectivity index (χ4n) is 2.24. The van der Waals surface area contributed by atoms with Gasteiger partial charge in [-0.3, -0.25) is 0 Å². The molecule has 0 unspecified atom stereocenters. The largest absolute Gasteiger partial charge is 0.490 e. The summed E-state index contributed by atoms with van der Waals surface area (Å²) in [6.45, 7) is 4.33. The van der Waals surface area contributed by atoms with Crippen molar-refractivity contribution >= 4 is 15.9 Å². The van der Waals surface area contributed by atoms with Crippen LogP contribution in [0, 0.1) is 5.82 Å². The first kappa shape index (κ1) is 18.7. The minimum absolute atomic E-state index is 0.151. The molecule has 3 N–H and O–H groups in total. The molecule has 24 heavy (non-hydrogen) atoms. The standard InChI is InChI=1S/C18H21BrFNO3/c1-2-23-17-10-14(11-21-7-8-22)9-16(19)18(17)24-12-13-3-5-15(20)6-4-13/h3-6,9-10,21-22H,2,7-8,11-12H2,1H3/p+1. The third-order valence-corrected chi connectivity index (χ3v) is 3.97. The number of aliphatic hydroxyl groups excluding tert-OH is 1. The molecule has 0 atom stereocenters. The number of hydrogen-bond acceptors (Lipinski definition) is 3. The number of hydrogen-bond donors (Lipinski definition) is 2. The zero-order valence-corrected chi connectivity index (χ0v) is 15.2. The van der Waals surface area contributed by atoms with E-state index in [1.807, 2.05) is 24.4 Å². The molecular weight excluding hydrogens is 377 g/mol. The van der Waals surface area contributed by atoms with E-state index in [9.17, 15) is 4.39 Å². The van der Waals surface area contributed by atoms with Crippen molar-refractivity contribution in [1.82, 2.24) is 0 Å². The number of halogens is 2. The van der Waals surface area contributed by atoms with E-state index in [4.69, 9.17) is 14.6 Å². The van der Waals surface area contributed by atoms with Crippen molar-refractivity contribution in [1.29, 1.82) is 0 Å². The maximum atomic E-state index is 13.0. The van der Waals surface area contributed by atoms with E-state index in [0.717, 1.165) is 22.1 Å². The molecule has 0 heterocycles. The van der Waals surface area contributed by atoms with Gasteiger partial charge in [0.1, 0.15) is 19.0 Å². The van der Waals surface area contributed by atoms with Crippen molar-refractivity contribution in [2.24, 2.45) is 0 Å². The van der Waals surface area contributed by atoms with Gasteiger partial charge in [-0.15, -0.1) is 0 Å². The zero-order chi connectivity index (χ0) is 17.4. The van der Waals surface area contributed by atoms with Gasteiger partial charge in [0.2, 0.25) is 0 Å². The Morgan fingerprint density at radius 3 is 2.54 bits per heavy atom. The van der Waals surface area contributed by atoms with Crippen LogP contribution in [0.5, 0.6) is 11.5 Å². The molecule has 6 heteroatoms. The fraction of sp³-hybridized carbons (Fsp3) is 0.333. The minimum Gasteiger partial charge on any atom is -0.490 e. The highest BCUT2D eigenvalue weighted by Crippen LogP contribution is 2.37. The Kier molecular flexibility index (Phi) is 7.49. The van der Waals surface area contributed by atoms with Crippen molar-refractivity contribution in [2.75, 3.05) is 19.8 Å². The van der Waals surface area contributed by atoms with Gasteiger partial charge >= 0.3 is 0 Å². The lowest BCUT2D eigenvalue weighted by Gasteiger charge is -2.15. The number of benzene rings is 2. The van der Waals surface area contributed by atoms with Gasteiger partial charge in [0, 0.05) is 5.56 Å². The molecule has 0 radical (unpaired) electrons. The number of nitrogens with two attached hydrogens (primary N) is 1. The molecule has 0 saturated carbocycles. The van der Waals surface area contributed by atoms with E-state index in [-0.39, 0.29) is 12.4 Å². The molecular formula is C18H22BrFNO3+. The molecule has 0 amide bonds. The predicted molar refractivity (Wildman–Crippen MR) is 93.6 cm³/mol. The molecule has 0 aromatic heterocycles. The summed E-state index contributed by atoms with van der Waals surface area (Å²) >= 11 is 3.53. The van der Waals surface area contributed by atoms with Crippen molar-refractivity contribution in [3.63, 3.8) is 0 Å². The van der Waals surface area contributed by atoms with Gasteiger partial charge in [0.25, 0.3) is 0 Å². The van der Waals surface area contributed by atoms with E-state index < -0.39 is 0 Å². The highest BCUT2D eigenvalue weighted by molar-refractivity contribution is 9.10. The van der Waals surface area contributed by atoms with Gasteiger partial charge < -0.3 is 19.9 Å². The summed E-state index contributed by atoms with van der Waals surface area (Å²) in [6.07, 6.45) is 0. The molecule has 0 spiro atoms. The van der Waals surface area contributed by atoms with Gasteiger partial charge in [-0.1, -0.05) is 12.1 Å². The second-order valence-electron chi connectivity index (χ2n) is 5.26. The molecule has 0 bridgehead atoms. The van der Waals surface area contributed by atoms with E-state index in [1.54, 1.807) is 12.1 Å². The van der Waals surface area contributed by atoms with Crippen LogP contribution >= 0.6 is 15.9 Å². The second kappa shape index (κ2) is 9.61. The van der Waals surface area contributed by atoms with Crippen LogP contribution in [0.3, 0.4) is 0 Å². The lowest BCUT2D eigenvalue weighted by molar-refractivity contribution is -0.671. The third kappa shape index (κ3) is 5.47. The molecule has 130 valence electrons. The van der Waals surface area contributed by atoms with Crippen LogP contribution in [0.15, 0.2) is 40.9 Å². The number of quaternary nitrogens is 1. The molecule has 0 aliphatic rings. The first-order chi connectivity index (χ1) is 11.6. The molecule has 2 aromatic carbocycles. The Hall–Kier alpha value is -1.63. The molecule has 0 saturated heterocycles. The van der Waals surface area contributed by atoms with Gasteiger partial charge in [-0.05, 0) is 52.7 Å². The highest BCUT2D eigenvalue weighted by atomic mass is 79.9. The summed E-state index contributed by atoms with van der Waals surface area (Å²) in [5, 5.41) is 10.9.